The second-order valence-corrected chi connectivity index (χ2v) is 6.86. The van der Waals surface area contributed by atoms with Crippen LogP contribution in [0.15, 0.2) is 22.7 Å². The van der Waals surface area contributed by atoms with Crippen LogP contribution in [0.3, 0.4) is 0 Å². The summed E-state index contributed by atoms with van der Waals surface area (Å²) in [6.45, 7) is 1.86. The quantitative estimate of drug-likeness (QED) is 0.841. The van der Waals surface area contributed by atoms with E-state index in [4.69, 9.17) is 16.1 Å². The van der Waals surface area contributed by atoms with E-state index >= 15 is 0 Å². The van der Waals surface area contributed by atoms with Gasteiger partial charge in [-0.3, -0.25) is 9.59 Å². The van der Waals surface area contributed by atoms with Crippen molar-refractivity contribution in [3.05, 3.63) is 51.9 Å². The van der Waals surface area contributed by atoms with Gasteiger partial charge in [0.25, 0.3) is 0 Å². The summed E-state index contributed by atoms with van der Waals surface area (Å²) >= 11 is 5.59. The van der Waals surface area contributed by atoms with Gasteiger partial charge in [-0.1, -0.05) is 16.8 Å². The van der Waals surface area contributed by atoms with Gasteiger partial charge in [-0.25, -0.2) is 8.78 Å². The largest absolute Gasteiger partial charge is 0.361 e. The van der Waals surface area contributed by atoms with Crippen LogP contribution in [0.5, 0.6) is 0 Å². The standard InChI is InChI=1S/C18H18ClF2N3O3/c1-10-5-12(27-23-10)8-17(25)24-4-2-3-16(24)18(26)22-9-13-14(20)6-11(19)7-15(13)21/h5-7,16H,2-4,8-9H2,1H3,(H,22,26). The number of amides is 2. The van der Waals surface area contributed by atoms with Crippen LogP contribution in [0.1, 0.15) is 29.9 Å². The molecule has 1 aromatic carbocycles. The number of likely N-dealkylation sites (tertiary alicyclic amines) is 1. The first-order valence-electron chi connectivity index (χ1n) is 8.48. The molecular formula is C18H18ClF2N3O3. The first-order valence-corrected chi connectivity index (χ1v) is 8.85. The van der Waals surface area contributed by atoms with Gasteiger partial charge in [0.15, 0.2) is 0 Å². The predicted octanol–water partition coefficient (Wildman–Crippen LogP) is 2.76. The van der Waals surface area contributed by atoms with E-state index in [9.17, 15) is 18.4 Å². The number of benzene rings is 1. The van der Waals surface area contributed by atoms with Crippen molar-refractivity contribution in [2.24, 2.45) is 0 Å². The molecule has 2 heterocycles. The van der Waals surface area contributed by atoms with E-state index in [0.717, 1.165) is 12.1 Å². The van der Waals surface area contributed by atoms with E-state index in [1.807, 2.05) is 0 Å². The minimum absolute atomic E-state index is 0.00502. The Labute approximate surface area is 159 Å². The van der Waals surface area contributed by atoms with Crippen molar-refractivity contribution in [1.29, 1.82) is 0 Å². The summed E-state index contributed by atoms with van der Waals surface area (Å²) in [5.41, 5.74) is 0.390. The van der Waals surface area contributed by atoms with Crippen LogP contribution in [-0.4, -0.2) is 34.5 Å². The van der Waals surface area contributed by atoms with Gasteiger partial charge in [0.05, 0.1) is 12.1 Å². The zero-order valence-corrected chi connectivity index (χ0v) is 15.4. The summed E-state index contributed by atoms with van der Waals surface area (Å²) in [5.74, 6) is -1.95. The van der Waals surface area contributed by atoms with Crippen LogP contribution in [0.4, 0.5) is 8.78 Å². The summed E-state index contributed by atoms with van der Waals surface area (Å²) in [4.78, 5) is 26.4. The highest BCUT2D eigenvalue weighted by Crippen LogP contribution is 2.21. The summed E-state index contributed by atoms with van der Waals surface area (Å²) in [6, 6.07) is 2.95. The fourth-order valence-electron chi connectivity index (χ4n) is 3.12. The van der Waals surface area contributed by atoms with Crippen molar-refractivity contribution in [2.75, 3.05) is 6.54 Å². The van der Waals surface area contributed by atoms with Gasteiger partial charge in [0.2, 0.25) is 11.8 Å². The Bertz CT molecular complexity index is 848. The van der Waals surface area contributed by atoms with Crippen LogP contribution in [0, 0.1) is 18.6 Å². The van der Waals surface area contributed by atoms with E-state index in [0.29, 0.717) is 30.8 Å². The number of nitrogens with zero attached hydrogens (tertiary/aromatic N) is 2. The second-order valence-electron chi connectivity index (χ2n) is 6.42. The lowest BCUT2D eigenvalue weighted by molar-refractivity contribution is -0.138. The molecule has 1 fully saturated rings. The number of aryl methyl sites for hydroxylation is 1. The van der Waals surface area contributed by atoms with Crippen molar-refractivity contribution in [2.45, 2.75) is 38.8 Å². The van der Waals surface area contributed by atoms with Gasteiger partial charge >= 0.3 is 0 Å². The number of carbonyl (C=O) groups is 2. The second kappa shape index (κ2) is 8.04. The maximum atomic E-state index is 13.8. The van der Waals surface area contributed by atoms with Crippen molar-refractivity contribution in [3.8, 4) is 0 Å². The first kappa shape index (κ1) is 19.3. The summed E-state index contributed by atoms with van der Waals surface area (Å²) in [7, 11) is 0. The van der Waals surface area contributed by atoms with Gasteiger partial charge in [0.1, 0.15) is 23.4 Å². The lowest BCUT2D eigenvalue weighted by atomic mass is 10.1. The van der Waals surface area contributed by atoms with Crippen LogP contribution in [0.2, 0.25) is 5.02 Å². The van der Waals surface area contributed by atoms with E-state index in [-0.39, 0.29) is 29.5 Å². The number of hydrogen-bond donors (Lipinski definition) is 1. The molecule has 0 spiro atoms. The Morgan fingerprint density at radius 3 is 2.67 bits per heavy atom. The number of carbonyl (C=O) groups excluding carboxylic acids is 2. The fourth-order valence-corrected chi connectivity index (χ4v) is 3.31. The minimum Gasteiger partial charge on any atom is -0.361 e. The van der Waals surface area contributed by atoms with Crippen molar-refractivity contribution >= 4 is 23.4 Å². The molecule has 2 amide bonds. The van der Waals surface area contributed by atoms with Crippen molar-refractivity contribution in [3.63, 3.8) is 0 Å². The molecule has 2 aromatic rings. The molecule has 144 valence electrons. The number of hydrogen-bond acceptors (Lipinski definition) is 4. The lowest BCUT2D eigenvalue weighted by Gasteiger charge is -2.23. The Kier molecular flexibility index (Phi) is 5.74. The Hall–Kier alpha value is -2.48. The summed E-state index contributed by atoms with van der Waals surface area (Å²) in [5, 5.41) is 6.17. The summed E-state index contributed by atoms with van der Waals surface area (Å²) in [6.07, 6.45) is 1.16. The monoisotopic (exact) mass is 397 g/mol. The van der Waals surface area contributed by atoms with E-state index < -0.39 is 23.6 Å². The van der Waals surface area contributed by atoms with Gasteiger partial charge in [0, 0.05) is 29.7 Å². The molecule has 9 heteroatoms. The Morgan fingerprint density at radius 2 is 2.04 bits per heavy atom. The highest BCUT2D eigenvalue weighted by molar-refractivity contribution is 6.30. The third kappa shape index (κ3) is 4.44. The lowest BCUT2D eigenvalue weighted by Crippen LogP contribution is -2.46. The molecule has 1 aliphatic heterocycles. The maximum absolute atomic E-state index is 13.8. The van der Waals surface area contributed by atoms with Gasteiger partial charge < -0.3 is 14.7 Å². The molecule has 0 aliphatic carbocycles. The molecule has 1 saturated heterocycles. The SMILES string of the molecule is Cc1cc(CC(=O)N2CCCC2C(=O)NCc2c(F)cc(Cl)cc2F)on1. The average molecular weight is 398 g/mol. The molecule has 1 aliphatic rings. The van der Waals surface area contributed by atoms with E-state index in [1.54, 1.807) is 13.0 Å². The zero-order chi connectivity index (χ0) is 19.6. The van der Waals surface area contributed by atoms with Crippen LogP contribution >= 0.6 is 11.6 Å². The minimum atomic E-state index is -0.833. The highest BCUT2D eigenvalue weighted by Gasteiger charge is 2.34. The maximum Gasteiger partial charge on any atom is 0.243 e. The first-order chi connectivity index (χ1) is 12.8. The average Bonchev–Trinajstić information content (AvgIpc) is 3.22. The fraction of sp³-hybridized carbons (Fsp3) is 0.389. The van der Waals surface area contributed by atoms with Gasteiger partial charge in [-0.05, 0) is 31.9 Å². The predicted molar refractivity (Wildman–Crippen MR) is 92.9 cm³/mol. The summed E-state index contributed by atoms with van der Waals surface area (Å²) < 4.78 is 32.7. The molecule has 1 N–H and O–H groups in total. The van der Waals surface area contributed by atoms with Crippen molar-refractivity contribution in [1.82, 2.24) is 15.4 Å². The smallest absolute Gasteiger partial charge is 0.243 e. The molecule has 0 saturated carbocycles. The number of nitrogens with one attached hydrogen (secondary N) is 1. The van der Waals surface area contributed by atoms with E-state index in [1.165, 1.54) is 4.90 Å². The molecular weight excluding hydrogens is 380 g/mol. The Morgan fingerprint density at radius 1 is 1.33 bits per heavy atom. The third-order valence-corrected chi connectivity index (χ3v) is 4.64. The van der Waals surface area contributed by atoms with Crippen LogP contribution in [-0.2, 0) is 22.6 Å². The van der Waals surface area contributed by atoms with Gasteiger partial charge in [-0.2, -0.15) is 0 Å². The van der Waals surface area contributed by atoms with E-state index in [2.05, 4.69) is 10.5 Å². The molecule has 1 aromatic heterocycles. The third-order valence-electron chi connectivity index (χ3n) is 4.42. The molecule has 0 bridgehead atoms. The topological polar surface area (TPSA) is 75.4 Å². The molecule has 3 rings (SSSR count). The highest BCUT2D eigenvalue weighted by atomic mass is 35.5. The van der Waals surface area contributed by atoms with Crippen LogP contribution < -0.4 is 5.32 Å². The Balaban J connectivity index is 1.62. The molecule has 1 atom stereocenters. The van der Waals surface area contributed by atoms with Crippen LogP contribution in [0.25, 0.3) is 0 Å². The normalized spacial score (nSPS) is 16.6. The molecule has 0 radical (unpaired) electrons. The molecule has 6 nitrogen and oxygen atoms in total. The number of aromatic nitrogens is 1. The number of rotatable bonds is 5. The number of halogens is 3. The molecule has 27 heavy (non-hydrogen) atoms. The zero-order valence-electron chi connectivity index (χ0n) is 14.6. The van der Waals surface area contributed by atoms with Crippen molar-refractivity contribution < 1.29 is 22.9 Å². The molecule has 1 unspecified atom stereocenters. The van der Waals surface area contributed by atoms with Gasteiger partial charge in [-0.15, -0.1) is 0 Å².